The van der Waals surface area contributed by atoms with Gasteiger partial charge in [-0.2, -0.15) is 0 Å². The summed E-state index contributed by atoms with van der Waals surface area (Å²) in [6.45, 7) is 5.54. The maximum atomic E-state index is 13.0. The van der Waals surface area contributed by atoms with Crippen molar-refractivity contribution in [2.24, 2.45) is 5.16 Å². The molecule has 0 aliphatic carbocycles. The molecule has 3 heterocycles. The Kier molecular flexibility index (Phi) is 5.53. The van der Waals surface area contributed by atoms with Crippen LogP contribution < -0.4 is 5.32 Å². The van der Waals surface area contributed by atoms with Crippen molar-refractivity contribution in [3.63, 3.8) is 0 Å². The number of piperidine rings is 1. The van der Waals surface area contributed by atoms with Crippen molar-refractivity contribution in [3.8, 4) is 0 Å². The lowest BCUT2D eigenvalue weighted by Gasteiger charge is -2.38. The number of oxime groups is 1. The molecule has 7 nitrogen and oxygen atoms in total. The summed E-state index contributed by atoms with van der Waals surface area (Å²) < 4.78 is 0. The van der Waals surface area contributed by atoms with Gasteiger partial charge in [0, 0.05) is 37.5 Å². The van der Waals surface area contributed by atoms with E-state index in [9.17, 15) is 9.59 Å². The van der Waals surface area contributed by atoms with Crippen molar-refractivity contribution in [2.45, 2.75) is 45.3 Å². The minimum Gasteiger partial charge on any atom is -0.386 e. The van der Waals surface area contributed by atoms with Crippen molar-refractivity contribution < 1.29 is 14.4 Å². The normalized spacial score (nSPS) is 20.6. The molecule has 7 heteroatoms. The van der Waals surface area contributed by atoms with Crippen molar-refractivity contribution in [1.29, 1.82) is 0 Å². The van der Waals surface area contributed by atoms with Crippen LogP contribution in [-0.2, 0) is 16.2 Å². The molecule has 1 aromatic carbocycles. The molecule has 2 aliphatic heterocycles. The van der Waals surface area contributed by atoms with Gasteiger partial charge in [-0.15, -0.1) is 0 Å². The summed E-state index contributed by atoms with van der Waals surface area (Å²) in [6, 6.07) is 9.51. The van der Waals surface area contributed by atoms with Gasteiger partial charge in [-0.3, -0.25) is 14.6 Å². The molecular formula is C23H26N4O3. The number of aryl methyl sites for hydroxylation is 2. The summed E-state index contributed by atoms with van der Waals surface area (Å²) >= 11 is 0. The van der Waals surface area contributed by atoms with Gasteiger partial charge >= 0.3 is 0 Å². The number of carbonyl (C=O) groups excluding carboxylic acids is 2. The SMILES string of the molecule is Cc1ccc(C(=O)N2CCC[C@]3(CC(C(=O)NCc4cccnc4)=NO3)C2)cc1C. The summed E-state index contributed by atoms with van der Waals surface area (Å²) in [5.41, 5.74) is 3.62. The van der Waals surface area contributed by atoms with E-state index in [1.807, 2.05) is 49.1 Å². The minimum atomic E-state index is -0.616. The lowest BCUT2D eigenvalue weighted by Crippen LogP contribution is -2.51. The maximum Gasteiger partial charge on any atom is 0.269 e. The Labute approximate surface area is 176 Å². The highest BCUT2D eigenvalue weighted by Crippen LogP contribution is 2.34. The Morgan fingerprint density at radius 2 is 2.10 bits per heavy atom. The number of amides is 2. The van der Waals surface area contributed by atoms with Gasteiger partial charge in [0.25, 0.3) is 11.8 Å². The molecule has 1 aromatic heterocycles. The number of benzene rings is 1. The topological polar surface area (TPSA) is 83.9 Å². The Morgan fingerprint density at radius 1 is 1.23 bits per heavy atom. The predicted molar refractivity (Wildman–Crippen MR) is 113 cm³/mol. The molecule has 2 aliphatic rings. The molecule has 156 valence electrons. The Morgan fingerprint density at radius 3 is 2.87 bits per heavy atom. The smallest absolute Gasteiger partial charge is 0.269 e. The number of carbonyl (C=O) groups is 2. The third-order valence-electron chi connectivity index (χ3n) is 5.86. The first-order valence-electron chi connectivity index (χ1n) is 10.2. The van der Waals surface area contributed by atoms with Gasteiger partial charge in [-0.1, -0.05) is 17.3 Å². The third-order valence-corrected chi connectivity index (χ3v) is 5.86. The number of nitrogens with one attached hydrogen (secondary N) is 1. The van der Waals surface area contributed by atoms with Crippen molar-refractivity contribution in [3.05, 3.63) is 65.0 Å². The number of pyridine rings is 1. The maximum absolute atomic E-state index is 13.0. The van der Waals surface area contributed by atoms with E-state index < -0.39 is 5.60 Å². The second kappa shape index (κ2) is 8.26. The zero-order chi connectivity index (χ0) is 21.1. The van der Waals surface area contributed by atoms with Crippen molar-refractivity contribution in [2.75, 3.05) is 13.1 Å². The van der Waals surface area contributed by atoms with Gasteiger partial charge in [0.05, 0.1) is 6.54 Å². The average Bonchev–Trinajstić information content (AvgIpc) is 3.17. The van der Waals surface area contributed by atoms with E-state index in [0.29, 0.717) is 37.3 Å². The molecule has 0 radical (unpaired) electrons. The van der Waals surface area contributed by atoms with Gasteiger partial charge < -0.3 is 15.1 Å². The van der Waals surface area contributed by atoms with Gasteiger partial charge in [-0.05, 0) is 61.6 Å². The average molecular weight is 406 g/mol. The van der Waals surface area contributed by atoms with Crippen LogP contribution in [0.25, 0.3) is 0 Å². The highest BCUT2D eigenvalue weighted by atomic mass is 16.7. The van der Waals surface area contributed by atoms with Gasteiger partial charge in [0.15, 0.2) is 5.60 Å². The number of hydrogen-bond donors (Lipinski definition) is 1. The van der Waals surface area contributed by atoms with Crippen LogP contribution in [0, 0.1) is 13.8 Å². The molecular weight excluding hydrogens is 380 g/mol. The molecule has 0 saturated carbocycles. The van der Waals surface area contributed by atoms with Crippen molar-refractivity contribution >= 4 is 17.5 Å². The Bertz CT molecular complexity index is 989. The molecule has 1 N–H and O–H groups in total. The summed E-state index contributed by atoms with van der Waals surface area (Å²) in [7, 11) is 0. The number of aromatic nitrogens is 1. The first-order valence-corrected chi connectivity index (χ1v) is 10.2. The molecule has 1 atom stereocenters. The first kappa shape index (κ1) is 20.1. The zero-order valence-electron chi connectivity index (χ0n) is 17.4. The van der Waals surface area contributed by atoms with E-state index in [4.69, 9.17) is 4.84 Å². The Hall–Kier alpha value is -3.22. The summed E-state index contributed by atoms with van der Waals surface area (Å²) in [5.74, 6) is -0.247. The quantitative estimate of drug-likeness (QED) is 0.846. The zero-order valence-corrected chi connectivity index (χ0v) is 17.4. The van der Waals surface area contributed by atoms with Gasteiger partial charge in [0.1, 0.15) is 5.71 Å². The fourth-order valence-electron chi connectivity index (χ4n) is 3.98. The molecule has 1 saturated heterocycles. The number of nitrogens with zero attached hydrogens (tertiary/aromatic N) is 3. The molecule has 2 amide bonds. The largest absolute Gasteiger partial charge is 0.386 e. The standard InChI is InChI=1S/C23H26N4O3/c1-16-6-7-19(11-17(16)2)22(29)27-10-4-8-23(15-27)12-20(26-30-23)21(28)25-14-18-5-3-9-24-13-18/h3,5-7,9,11,13H,4,8,10,12,14-15H2,1-2H3,(H,25,28)/t23-/m0/s1. The Balaban J connectivity index is 1.38. The molecule has 1 fully saturated rings. The van der Waals surface area contributed by atoms with Gasteiger partial charge in [0.2, 0.25) is 0 Å². The third kappa shape index (κ3) is 4.20. The van der Waals surface area contributed by atoms with Crippen LogP contribution in [0.3, 0.4) is 0 Å². The van der Waals surface area contributed by atoms with E-state index in [0.717, 1.165) is 29.5 Å². The van der Waals surface area contributed by atoms with Crippen LogP contribution >= 0.6 is 0 Å². The highest BCUT2D eigenvalue weighted by molar-refractivity contribution is 6.39. The summed E-state index contributed by atoms with van der Waals surface area (Å²) in [5, 5.41) is 6.93. The van der Waals surface area contributed by atoms with E-state index >= 15 is 0 Å². The molecule has 4 rings (SSSR count). The minimum absolute atomic E-state index is 0.00439. The monoisotopic (exact) mass is 406 g/mol. The van der Waals surface area contributed by atoms with Crippen LogP contribution in [0.5, 0.6) is 0 Å². The fraction of sp³-hybridized carbons (Fsp3) is 0.391. The van der Waals surface area contributed by atoms with E-state index in [-0.39, 0.29) is 11.8 Å². The number of rotatable bonds is 4. The number of likely N-dealkylation sites (tertiary alicyclic amines) is 1. The van der Waals surface area contributed by atoms with E-state index in [1.165, 1.54) is 0 Å². The molecule has 0 bridgehead atoms. The second-order valence-electron chi connectivity index (χ2n) is 8.16. The summed E-state index contributed by atoms with van der Waals surface area (Å²) in [6.07, 6.45) is 5.40. The van der Waals surface area contributed by atoms with Crippen LogP contribution in [-0.4, -0.2) is 46.1 Å². The van der Waals surface area contributed by atoms with Crippen LogP contribution in [0.4, 0.5) is 0 Å². The molecule has 1 spiro atoms. The molecule has 0 unspecified atom stereocenters. The van der Waals surface area contributed by atoms with Crippen LogP contribution in [0.2, 0.25) is 0 Å². The highest BCUT2D eigenvalue weighted by Gasteiger charge is 2.45. The predicted octanol–water partition coefficient (Wildman–Crippen LogP) is 2.77. The van der Waals surface area contributed by atoms with E-state index in [2.05, 4.69) is 15.5 Å². The molecule has 30 heavy (non-hydrogen) atoms. The lowest BCUT2D eigenvalue weighted by atomic mass is 9.87. The van der Waals surface area contributed by atoms with Crippen molar-refractivity contribution in [1.82, 2.24) is 15.2 Å². The van der Waals surface area contributed by atoms with Crippen LogP contribution in [0.15, 0.2) is 47.9 Å². The lowest BCUT2D eigenvalue weighted by molar-refractivity contribution is -0.115. The summed E-state index contributed by atoms with van der Waals surface area (Å²) in [4.78, 5) is 37.2. The van der Waals surface area contributed by atoms with E-state index in [1.54, 1.807) is 12.4 Å². The molecule has 2 aromatic rings. The second-order valence-corrected chi connectivity index (χ2v) is 8.16. The number of hydrogen-bond acceptors (Lipinski definition) is 5. The first-order chi connectivity index (χ1) is 14.5. The fourth-order valence-corrected chi connectivity index (χ4v) is 3.98. The van der Waals surface area contributed by atoms with Crippen LogP contribution in [0.1, 0.15) is 46.3 Å². The van der Waals surface area contributed by atoms with Gasteiger partial charge in [-0.25, -0.2) is 0 Å².